The normalized spacial score (nSPS) is 11.2. The summed E-state index contributed by atoms with van der Waals surface area (Å²) in [6, 6.07) is 9.04. The third-order valence-electron chi connectivity index (χ3n) is 2.31. The molecule has 1 amide bonds. The molecule has 0 bridgehead atoms. The summed E-state index contributed by atoms with van der Waals surface area (Å²) in [5.41, 5.74) is 0.816. The number of hydrogen-bond donors (Lipinski definition) is 1. The van der Waals surface area contributed by atoms with Crippen LogP contribution in [0, 0.1) is 0 Å². The van der Waals surface area contributed by atoms with Crippen molar-refractivity contribution in [1.82, 2.24) is 15.5 Å². The molecule has 0 saturated carbocycles. The zero-order valence-corrected chi connectivity index (χ0v) is 11.3. The minimum atomic E-state index is -3.74. The number of hydrogen-bond acceptors (Lipinski definition) is 5. The summed E-state index contributed by atoms with van der Waals surface area (Å²) in [5.74, 6) is -1.17. The molecular formula is C12H10ClF2N3O3. The number of benzene rings is 1. The van der Waals surface area contributed by atoms with E-state index in [1.54, 1.807) is 12.1 Å². The van der Waals surface area contributed by atoms with Crippen LogP contribution in [-0.4, -0.2) is 16.2 Å². The van der Waals surface area contributed by atoms with Gasteiger partial charge in [0.1, 0.15) is 6.61 Å². The van der Waals surface area contributed by atoms with Crippen molar-refractivity contribution in [2.75, 3.05) is 0 Å². The molecule has 0 atom stereocenters. The van der Waals surface area contributed by atoms with E-state index >= 15 is 0 Å². The Kier molecular flexibility index (Phi) is 4.69. The number of aromatic nitrogens is 2. The molecule has 2 aromatic rings. The van der Waals surface area contributed by atoms with Crippen molar-refractivity contribution in [1.29, 1.82) is 0 Å². The van der Waals surface area contributed by atoms with Crippen molar-refractivity contribution in [3.05, 3.63) is 47.6 Å². The van der Waals surface area contributed by atoms with E-state index in [1.807, 2.05) is 18.2 Å². The average molecular weight is 318 g/mol. The minimum absolute atomic E-state index is 0.0872. The van der Waals surface area contributed by atoms with Gasteiger partial charge in [-0.05, 0) is 17.2 Å². The van der Waals surface area contributed by atoms with Crippen LogP contribution in [0.1, 0.15) is 17.3 Å². The quantitative estimate of drug-likeness (QED) is 0.858. The van der Waals surface area contributed by atoms with Crippen LogP contribution >= 0.6 is 11.6 Å². The van der Waals surface area contributed by atoms with E-state index in [0.29, 0.717) is 0 Å². The van der Waals surface area contributed by atoms with Gasteiger partial charge >= 0.3 is 17.4 Å². The van der Waals surface area contributed by atoms with E-state index in [9.17, 15) is 13.6 Å². The largest absolute Gasteiger partial charge is 0.445 e. The highest BCUT2D eigenvalue weighted by Gasteiger charge is 2.35. The summed E-state index contributed by atoms with van der Waals surface area (Å²) in [4.78, 5) is 14.7. The first-order valence-electron chi connectivity index (χ1n) is 5.79. The van der Waals surface area contributed by atoms with Crippen LogP contribution in [0.2, 0.25) is 0 Å². The SMILES string of the molecule is O=C(NCc1noc(C(F)(F)Cl)n1)OCc1ccccc1. The van der Waals surface area contributed by atoms with E-state index in [2.05, 4.69) is 20.0 Å². The van der Waals surface area contributed by atoms with Crippen molar-refractivity contribution in [2.45, 2.75) is 18.5 Å². The molecule has 1 N–H and O–H groups in total. The fourth-order valence-electron chi connectivity index (χ4n) is 1.37. The Balaban J connectivity index is 1.78. The Morgan fingerprint density at radius 3 is 2.71 bits per heavy atom. The predicted molar refractivity (Wildman–Crippen MR) is 67.5 cm³/mol. The number of nitrogens with zero attached hydrogens (tertiary/aromatic N) is 2. The van der Waals surface area contributed by atoms with Gasteiger partial charge in [0.2, 0.25) is 0 Å². The van der Waals surface area contributed by atoms with Gasteiger partial charge in [-0.25, -0.2) is 4.79 Å². The standard InChI is InChI=1S/C12H10ClF2N3O3/c13-12(14,15)10-17-9(18-21-10)6-16-11(19)20-7-8-4-2-1-3-5-8/h1-5H,6-7H2,(H,16,19). The van der Waals surface area contributed by atoms with Gasteiger partial charge in [0.05, 0.1) is 6.54 Å². The van der Waals surface area contributed by atoms with Crippen LogP contribution in [-0.2, 0) is 23.3 Å². The van der Waals surface area contributed by atoms with Gasteiger partial charge in [-0.2, -0.15) is 13.8 Å². The molecule has 1 aromatic carbocycles. The molecule has 0 unspecified atom stereocenters. The molecule has 0 aliphatic heterocycles. The molecular weight excluding hydrogens is 308 g/mol. The highest BCUT2D eigenvalue weighted by molar-refractivity contribution is 6.21. The second kappa shape index (κ2) is 6.49. The number of amides is 1. The molecule has 1 heterocycles. The lowest BCUT2D eigenvalue weighted by atomic mass is 10.2. The van der Waals surface area contributed by atoms with E-state index in [-0.39, 0.29) is 19.0 Å². The Hall–Kier alpha value is -2.22. The van der Waals surface area contributed by atoms with Gasteiger partial charge in [0, 0.05) is 0 Å². The van der Waals surface area contributed by atoms with Crippen molar-refractivity contribution in [3.63, 3.8) is 0 Å². The first kappa shape index (κ1) is 15.2. The molecule has 0 spiro atoms. The van der Waals surface area contributed by atoms with Crippen LogP contribution in [0.25, 0.3) is 0 Å². The highest BCUT2D eigenvalue weighted by atomic mass is 35.5. The number of nitrogens with one attached hydrogen (secondary N) is 1. The Bertz CT molecular complexity index is 601. The highest BCUT2D eigenvalue weighted by Crippen LogP contribution is 2.30. The number of alkyl carbamates (subject to hydrolysis) is 1. The van der Waals surface area contributed by atoms with Crippen LogP contribution in [0.3, 0.4) is 0 Å². The van der Waals surface area contributed by atoms with Gasteiger partial charge in [-0.3, -0.25) is 0 Å². The Labute approximate surface area is 123 Å². The number of halogens is 3. The zero-order chi connectivity index (χ0) is 15.3. The number of ether oxygens (including phenoxy) is 1. The summed E-state index contributed by atoms with van der Waals surface area (Å²) in [5, 5.41) is 1.81. The molecule has 21 heavy (non-hydrogen) atoms. The van der Waals surface area contributed by atoms with Gasteiger partial charge in [-0.1, -0.05) is 35.5 Å². The molecule has 1 aromatic heterocycles. The fourth-order valence-corrected chi connectivity index (χ4v) is 1.44. The van der Waals surface area contributed by atoms with Gasteiger partial charge < -0.3 is 14.6 Å². The molecule has 0 aliphatic rings. The average Bonchev–Trinajstić information content (AvgIpc) is 2.93. The van der Waals surface area contributed by atoms with Crippen LogP contribution in [0.5, 0.6) is 0 Å². The minimum Gasteiger partial charge on any atom is -0.445 e. The molecule has 0 fully saturated rings. The van der Waals surface area contributed by atoms with E-state index in [4.69, 9.17) is 16.3 Å². The Morgan fingerprint density at radius 2 is 2.10 bits per heavy atom. The van der Waals surface area contributed by atoms with Gasteiger partial charge in [0.25, 0.3) is 0 Å². The molecule has 0 saturated heterocycles. The summed E-state index contributed by atoms with van der Waals surface area (Å²) in [6.45, 7) is -0.131. The van der Waals surface area contributed by atoms with Gasteiger partial charge in [0.15, 0.2) is 5.82 Å². The summed E-state index contributed by atoms with van der Waals surface area (Å²) >= 11 is 4.71. The molecule has 9 heteroatoms. The molecule has 6 nitrogen and oxygen atoms in total. The van der Waals surface area contributed by atoms with Gasteiger partial charge in [-0.15, -0.1) is 0 Å². The smallest absolute Gasteiger partial charge is 0.407 e. The maximum absolute atomic E-state index is 12.6. The third-order valence-corrected chi connectivity index (χ3v) is 2.48. The lowest BCUT2D eigenvalue weighted by Gasteiger charge is -2.05. The lowest BCUT2D eigenvalue weighted by Crippen LogP contribution is -2.24. The van der Waals surface area contributed by atoms with Crippen molar-refractivity contribution in [3.8, 4) is 0 Å². The second-order valence-corrected chi connectivity index (χ2v) is 4.40. The Morgan fingerprint density at radius 1 is 1.38 bits per heavy atom. The topological polar surface area (TPSA) is 77.3 Å². The van der Waals surface area contributed by atoms with E-state index < -0.39 is 17.4 Å². The number of alkyl halides is 3. The molecule has 0 radical (unpaired) electrons. The lowest BCUT2D eigenvalue weighted by molar-refractivity contribution is 0.0550. The van der Waals surface area contributed by atoms with Crippen molar-refractivity contribution in [2.24, 2.45) is 0 Å². The first-order chi connectivity index (χ1) is 9.95. The monoisotopic (exact) mass is 317 g/mol. The van der Waals surface area contributed by atoms with Crippen LogP contribution in [0.4, 0.5) is 13.6 Å². The fraction of sp³-hybridized carbons (Fsp3) is 0.250. The van der Waals surface area contributed by atoms with Crippen molar-refractivity contribution >= 4 is 17.7 Å². The number of rotatable bonds is 5. The maximum Gasteiger partial charge on any atom is 0.407 e. The zero-order valence-electron chi connectivity index (χ0n) is 10.6. The van der Waals surface area contributed by atoms with E-state index in [0.717, 1.165) is 5.56 Å². The molecule has 112 valence electrons. The summed E-state index contributed by atoms with van der Waals surface area (Å²) in [7, 11) is 0. The summed E-state index contributed by atoms with van der Waals surface area (Å²) in [6.07, 6.45) is -0.733. The molecule has 0 aliphatic carbocycles. The van der Waals surface area contributed by atoms with Crippen LogP contribution in [0.15, 0.2) is 34.9 Å². The van der Waals surface area contributed by atoms with Crippen molar-refractivity contribution < 1.29 is 22.8 Å². The van der Waals surface area contributed by atoms with E-state index in [1.165, 1.54) is 0 Å². The van der Waals surface area contributed by atoms with Crippen LogP contribution < -0.4 is 5.32 Å². The number of carbonyl (C=O) groups is 1. The summed E-state index contributed by atoms with van der Waals surface area (Å²) < 4.78 is 34.4. The number of carbonyl (C=O) groups excluding carboxylic acids is 1. The third kappa shape index (κ3) is 4.67. The molecule has 2 rings (SSSR count). The first-order valence-corrected chi connectivity index (χ1v) is 6.17. The second-order valence-electron chi connectivity index (χ2n) is 3.93. The maximum atomic E-state index is 12.6. The predicted octanol–water partition coefficient (Wildman–Crippen LogP) is 2.78.